The van der Waals surface area contributed by atoms with Gasteiger partial charge in [0, 0.05) is 24.3 Å². The third-order valence-electron chi connectivity index (χ3n) is 4.87. The highest BCUT2D eigenvalue weighted by Crippen LogP contribution is 2.16. The van der Waals surface area contributed by atoms with Crippen molar-refractivity contribution in [1.29, 1.82) is 0 Å². The number of hydrogen-bond acceptors (Lipinski definition) is 13. The third kappa shape index (κ3) is 23.7. The van der Waals surface area contributed by atoms with Gasteiger partial charge in [-0.1, -0.05) is 13.3 Å². The van der Waals surface area contributed by atoms with Gasteiger partial charge >= 0.3 is 11.9 Å². The van der Waals surface area contributed by atoms with E-state index in [0.717, 1.165) is 31.2 Å². The van der Waals surface area contributed by atoms with Crippen molar-refractivity contribution in [3.8, 4) is 0 Å². The zero-order valence-corrected chi connectivity index (χ0v) is 24.1. The molecule has 2 unspecified atom stereocenters. The summed E-state index contributed by atoms with van der Waals surface area (Å²) < 4.78 is 27.1. The van der Waals surface area contributed by atoms with Gasteiger partial charge in [0.1, 0.15) is 6.04 Å². The van der Waals surface area contributed by atoms with Crippen molar-refractivity contribution >= 4 is 29.6 Å². The van der Waals surface area contributed by atoms with E-state index in [1.54, 1.807) is 0 Å². The van der Waals surface area contributed by atoms with Crippen molar-refractivity contribution in [3.05, 3.63) is 11.9 Å². The van der Waals surface area contributed by atoms with E-state index >= 15 is 0 Å². The van der Waals surface area contributed by atoms with E-state index in [4.69, 9.17) is 51.2 Å². The molecule has 0 bridgehead atoms. The maximum Gasteiger partial charge on any atom is 0.321 e. The smallest absolute Gasteiger partial charge is 0.321 e. The van der Waals surface area contributed by atoms with Crippen LogP contribution in [0.25, 0.3) is 0 Å². The van der Waals surface area contributed by atoms with Gasteiger partial charge in [-0.05, 0) is 6.42 Å². The van der Waals surface area contributed by atoms with Crippen LogP contribution in [-0.2, 0) is 38.1 Å². The van der Waals surface area contributed by atoms with Gasteiger partial charge in [-0.2, -0.15) is 0 Å². The number of unbranched alkanes of at least 4 members (excludes halogenated alkanes) is 1. The summed E-state index contributed by atoms with van der Waals surface area (Å²) in [6.45, 7) is 7.27. The minimum atomic E-state index is -1.24. The number of carbonyl (C=O) groups is 3. The summed E-state index contributed by atoms with van der Waals surface area (Å²) in [4.78, 5) is 34.2. The molecule has 2 atom stereocenters. The van der Waals surface area contributed by atoms with E-state index in [-0.39, 0.29) is 18.0 Å². The van der Waals surface area contributed by atoms with Crippen LogP contribution in [0.1, 0.15) is 26.2 Å². The Hall–Kier alpha value is -2.18. The largest absolute Gasteiger partial charge is 0.481 e. The Kier molecular flexibility index (Phi) is 24.4. The lowest BCUT2D eigenvalue weighted by molar-refractivity contribution is -0.138. The Morgan fingerprint density at radius 2 is 1.40 bits per heavy atom. The first kappa shape index (κ1) is 37.8. The molecule has 0 rings (SSSR count). The fourth-order valence-electron chi connectivity index (χ4n) is 2.70. The number of hydrogen-bond donors (Lipinski definition) is 6. The van der Waals surface area contributed by atoms with Gasteiger partial charge in [0.25, 0.3) is 0 Å². The van der Waals surface area contributed by atoms with Crippen LogP contribution in [0.4, 0.5) is 0 Å². The van der Waals surface area contributed by atoms with Crippen molar-refractivity contribution in [2.24, 2.45) is 17.3 Å². The average Bonchev–Trinajstić information content (AvgIpc) is 2.90. The summed E-state index contributed by atoms with van der Waals surface area (Å²) in [7, 11) is 0. The number of carboxylic acids is 2. The summed E-state index contributed by atoms with van der Waals surface area (Å²) in [6, 6.07) is -1.21. The number of aliphatic carboxylic acids is 2. The number of nitrogens with one attached hydrogen (secondary N) is 1. The molecule has 0 aliphatic heterocycles. The first-order valence-electron chi connectivity index (χ1n) is 13.1. The number of rotatable bonds is 28. The van der Waals surface area contributed by atoms with Crippen LogP contribution in [0.15, 0.2) is 11.9 Å². The van der Waals surface area contributed by atoms with Crippen molar-refractivity contribution in [3.63, 3.8) is 0 Å². The van der Waals surface area contributed by atoms with Crippen LogP contribution >= 0.6 is 11.8 Å². The molecular weight excluding hydrogens is 550 g/mol. The zero-order valence-electron chi connectivity index (χ0n) is 23.3. The molecule has 0 saturated carbocycles. The standard InChI is InChI=1S/C24H47N5O10S/c1-2-3-5-35-7-9-37-11-13-39-14-12-38-10-8-36-6-4-29(27)17-19(25)16-28-23(32)21(15-22(30)31)40-18-20(26)24(33)34/h17,20-21H,2-16,18,25-27H2,1H3,(H,28,32)(H,30,31)(H,33,34)/b19-17-. The number of nitrogens with two attached hydrogens (primary N) is 3. The Balaban J connectivity index is 3.86. The number of amides is 1. The predicted molar refractivity (Wildman–Crippen MR) is 149 cm³/mol. The summed E-state index contributed by atoms with van der Waals surface area (Å²) in [5.41, 5.74) is 11.5. The molecular formula is C24H47N5O10S. The van der Waals surface area contributed by atoms with Crippen LogP contribution in [-0.4, -0.2) is 129 Å². The van der Waals surface area contributed by atoms with Crippen LogP contribution in [0.5, 0.6) is 0 Å². The van der Waals surface area contributed by atoms with Crippen LogP contribution in [0.2, 0.25) is 0 Å². The molecule has 0 heterocycles. The van der Waals surface area contributed by atoms with Crippen LogP contribution < -0.4 is 22.6 Å². The fraction of sp³-hybridized carbons (Fsp3) is 0.792. The minimum Gasteiger partial charge on any atom is -0.481 e. The van der Waals surface area contributed by atoms with Gasteiger partial charge in [-0.25, -0.2) is 5.84 Å². The third-order valence-corrected chi connectivity index (χ3v) is 6.20. The van der Waals surface area contributed by atoms with Crippen molar-refractivity contribution in [2.75, 3.05) is 84.9 Å². The molecule has 0 spiro atoms. The summed E-state index contributed by atoms with van der Waals surface area (Å²) >= 11 is 0.852. The summed E-state index contributed by atoms with van der Waals surface area (Å²) in [6.07, 6.45) is 3.10. The molecule has 9 N–H and O–H groups in total. The van der Waals surface area contributed by atoms with E-state index in [1.165, 1.54) is 11.2 Å². The molecule has 15 nitrogen and oxygen atoms in total. The van der Waals surface area contributed by atoms with Crippen LogP contribution in [0.3, 0.4) is 0 Å². The highest BCUT2D eigenvalue weighted by atomic mass is 32.2. The molecule has 0 aliphatic carbocycles. The second kappa shape index (κ2) is 25.8. The average molecular weight is 598 g/mol. The minimum absolute atomic E-state index is 0.0788. The highest BCUT2D eigenvalue weighted by Gasteiger charge is 2.24. The monoisotopic (exact) mass is 597 g/mol. The van der Waals surface area contributed by atoms with E-state index in [9.17, 15) is 14.4 Å². The fourth-order valence-corrected chi connectivity index (χ4v) is 3.78. The lowest BCUT2D eigenvalue weighted by Gasteiger charge is -2.17. The maximum atomic E-state index is 12.3. The Morgan fingerprint density at radius 3 is 1.88 bits per heavy atom. The first-order valence-corrected chi connectivity index (χ1v) is 14.2. The van der Waals surface area contributed by atoms with Gasteiger partial charge in [-0.15, -0.1) is 11.8 Å². The molecule has 0 fully saturated rings. The second-order valence-corrected chi connectivity index (χ2v) is 9.68. The van der Waals surface area contributed by atoms with E-state index < -0.39 is 35.6 Å². The van der Waals surface area contributed by atoms with Gasteiger partial charge in [0.05, 0.1) is 84.2 Å². The van der Waals surface area contributed by atoms with Crippen LogP contribution in [0, 0.1) is 0 Å². The summed E-state index contributed by atoms with van der Waals surface area (Å²) in [5, 5.41) is 20.6. The zero-order chi connectivity index (χ0) is 30.0. The van der Waals surface area contributed by atoms with Crippen molar-refractivity contribution in [1.82, 2.24) is 10.3 Å². The number of nitrogens with zero attached hydrogens (tertiary/aromatic N) is 1. The molecule has 0 radical (unpaired) electrons. The van der Waals surface area contributed by atoms with E-state index in [1.807, 2.05) is 0 Å². The molecule has 0 aromatic carbocycles. The lowest BCUT2D eigenvalue weighted by atomic mass is 10.3. The Morgan fingerprint density at radius 1 is 0.900 bits per heavy atom. The molecule has 0 aliphatic rings. The number of carboxylic acid groups (broad SMARTS) is 2. The normalized spacial score (nSPS) is 13.1. The lowest BCUT2D eigenvalue weighted by Crippen LogP contribution is -2.39. The van der Waals surface area contributed by atoms with Gasteiger partial charge in [0.15, 0.2) is 0 Å². The molecule has 0 saturated heterocycles. The predicted octanol–water partition coefficient (Wildman–Crippen LogP) is -1.05. The number of carbonyl (C=O) groups excluding carboxylic acids is 1. The molecule has 234 valence electrons. The molecule has 0 aromatic rings. The molecule has 40 heavy (non-hydrogen) atoms. The Bertz CT molecular complexity index is 720. The highest BCUT2D eigenvalue weighted by molar-refractivity contribution is 8.00. The van der Waals surface area contributed by atoms with Gasteiger partial charge < -0.3 is 55.7 Å². The first-order chi connectivity index (χ1) is 19.2. The number of thioether (sulfide) groups is 1. The van der Waals surface area contributed by atoms with E-state index in [0.29, 0.717) is 66.0 Å². The van der Waals surface area contributed by atoms with Crippen molar-refractivity contribution < 1.29 is 48.3 Å². The van der Waals surface area contributed by atoms with Gasteiger partial charge in [0.2, 0.25) is 5.91 Å². The molecule has 1 amide bonds. The quantitative estimate of drug-likeness (QED) is 0.0359. The summed E-state index contributed by atoms with van der Waals surface area (Å²) in [5.74, 6) is 2.69. The van der Waals surface area contributed by atoms with E-state index in [2.05, 4.69) is 12.2 Å². The molecule has 0 aromatic heterocycles. The number of ether oxygens (including phenoxy) is 5. The van der Waals surface area contributed by atoms with Crippen molar-refractivity contribution in [2.45, 2.75) is 37.5 Å². The Labute approximate surface area is 240 Å². The maximum absolute atomic E-state index is 12.3. The number of hydrazine groups is 1. The SMILES string of the molecule is CCCCOCCOCCOCCOCCOCCN(N)/C=C(\N)CNC(=O)C(CC(=O)O)SCC(N)C(=O)O. The molecule has 16 heteroatoms. The van der Waals surface area contributed by atoms with Gasteiger partial charge in [-0.3, -0.25) is 14.4 Å². The topological polar surface area (TPSA) is 231 Å². The second-order valence-electron chi connectivity index (χ2n) is 8.44.